The molecule has 1 N–H and O–H groups in total. The molecule has 0 spiro atoms. The average Bonchev–Trinajstić information content (AvgIpc) is 2.79. The SMILES string of the molecule is Cc1nc2ccc(N(NC(=O)OC(C)(C)C)C(=O)OC(C)(C)C)cc2s1. The molecule has 26 heavy (non-hydrogen) atoms. The van der Waals surface area contributed by atoms with Crippen LogP contribution in [0, 0.1) is 6.92 Å². The molecular weight excluding hydrogens is 354 g/mol. The maximum atomic E-state index is 12.6. The fourth-order valence-electron chi connectivity index (χ4n) is 2.08. The summed E-state index contributed by atoms with van der Waals surface area (Å²) in [4.78, 5) is 29.2. The van der Waals surface area contributed by atoms with Gasteiger partial charge in [-0.15, -0.1) is 11.3 Å². The van der Waals surface area contributed by atoms with Crippen LogP contribution in [0.2, 0.25) is 0 Å². The minimum atomic E-state index is -0.746. The topological polar surface area (TPSA) is 80.8 Å². The Balaban J connectivity index is 2.34. The number of amides is 2. The van der Waals surface area contributed by atoms with Gasteiger partial charge in [-0.25, -0.2) is 20.0 Å². The van der Waals surface area contributed by atoms with Crippen molar-refractivity contribution in [3.63, 3.8) is 0 Å². The molecule has 142 valence electrons. The molecule has 2 aromatic rings. The summed E-state index contributed by atoms with van der Waals surface area (Å²) in [6, 6.07) is 5.27. The maximum absolute atomic E-state index is 12.6. The van der Waals surface area contributed by atoms with Crippen LogP contribution in [0.5, 0.6) is 0 Å². The number of rotatable bonds is 1. The van der Waals surface area contributed by atoms with Crippen LogP contribution in [-0.4, -0.2) is 28.4 Å². The van der Waals surface area contributed by atoms with Crippen molar-refractivity contribution >= 4 is 39.4 Å². The molecule has 0 atom stereocenters. The standard InChI is InChI=1S/C18H25N3O4S/c1-11-19-13-9-8-12(10-14(13)26-11)21(16(23)25-18(5,6)7)20-15(22)24-17(2,3)4/h8-10H,1-7H3,(H,20,22). The van der Waals surface area contributed by atoms with Gasteiger partial charge in [-0.1, -0.05) is 0 Å². The quantitative estimate of drug-likeness (QED) is 0.721. The van der Waals surface area contributed by atoms with Crippen molar-refractivity contribution in [1.29, 1.82) is 0 Å². The van der Waals surface area contributed by atoms with Crippen molar-refractivity contribution in [2.75, 3.05) is 5.01 Å². The molecule has 1 aromatic carbocycles. The van der Waals surface area contributed by atoms with Crippen LogP contribution >= 0.6 is 11.3 Å². The van der Waals surface area contributed by atoms with E-state index in [1.807, 2.05) is 6.92 Å². The summed E-state index contributed by atoms with van der Waals surface area (Å²) in [7, 11) is 0. The monoisotopic (exact) mass is 379 g/mol. The first-order valence-electron chi connectivity index (χ1n) is 8.24. The van der Waals surface area contributed by atoms with Crippen molar-refractivity contribution < 1.29 is 19.1 Å². The highest BCUT2D eigenvalue weighted by Crippen LogP contribution is 2.27. The Kier molecular flexibility index (Phi) is 5.46. The number of aromatic nitrogens is 1. The van der Waals surface area contributed by atoms with Gasteiger partial charge >= 0.3 is 12.2 Å². The zero-order valence-corrected chi connectivity index (χ0v) is 17.0. The van der Waals surface area contributed by atoms with Gasteiger partial charge in [0.1, 0.15) is 11.2 Å². The molecule has 1 heterocycles. The van der Waals surface area contributed by atoms with Gasteiger partial charge in [0, 0.05) is 0 Å². The summed E-state index contributed by atoms with van der Waals surface area (Å²) in [5, 5.41) is 1.97. The molecule has 0 unspecified atom stereocenters. The Labute approximate surface area is 157 Å². The van der Waals surface area contributed by atoms with E-state index in [1.165, 1.54) is 11.3 Å². The summed E-state index contributed by atoms with van der Waals surface area (Å²) < 4.78 is 11.6. The highest BCUT2D eigenvalue weighted by atomic mass is 32.1. The van der Waals surface area contributed by atoms with Gasteiger partial charge in [-0.05, 0) is 66.7 Å². The number of hydrazine groups is 1. The minimum Gasteiger partial charge on any atom is -0.443 e. The number of thiazole rings is 1. The van der Waals surface area contributed by atoms with Crippen molar-refractivity contribution in [3.05, 3.63) is 23.2 Å². The van der Waals surface area contributed by atoms with E-state index in [-0.39, 0.29) is 0 Å². The van der Waals surface area contributed by atoms with Gasteiger partial charge in [0.25, 0.3) is 0 Å². The molecule has 0 saturated heterocycles. The number of hydrogen-bond donors (Lipinski definition) is 1. The first kappa shape index (κ1) is 20.0. The summed E-state index contributed by atoms with van der Waals surface area (Å²) in [5.41, 5.74) is 2.35. The van der Waals surface area contributed by atoms with Gasteiger partial charge in [0.2, 0.25) is 0 Å². The van der Waals surface area contributed by atoms with Crippen molar-refractivity contribution in [3.8, 4) is 0 Å². The lowest BCUT2D eigenvalue weighted by molar-refractivity contribution is 0.0425. The number of fused-ring (bicyclic) bond motifs is 1. The van der Waals surface area contributed by atoms with Crippen molar-refractivity contribution in [2.24, 2.45) is 0 Å². The predicted molar refractivity (Wildman–Crippen MR) is 102 cm³/mol. The van der Waals surface area contributed by atoms with Gasteiger partial charge in [-0.3, -0.25) is 0 Å². The number of anilines is 1. The minimum absolute atomic E-state index is 0.459. The molecule has 0 saturated carbocycles. The highest BCUT2D eigenvalue weighted by Gasteiger charge is 2.27. The third-order valence-corrected chi connectivity index (χ3v) is 3.85. The number of aryl methyl sites for hydroxylation is 1. The van der Waals surface area contributed by atoms with Crippen molar-refractivity contribution in [1.82, 2.24) is 10.4 Å². The van der Waals surface area contributed by atoms with E-state index in [9.17, 15) is 9.59 Å². The van der Waals surface area contributed by atoms with E-state index in [0.717, 1.165) is 20.2 Å². The molecule has 2 rings (SSSR count). The average molecular weight is 379 g/mol. The summed E-state index contributed by atoms with van der Waals surface area (Å²) in [5.74, 6) is 0. The third-order valence-electron chi connectivity index (χ3n) is 2.92. The molecule has 1 aromatic heterocycles. The number of benzene rings is 1. The van der Waals surface area contributed by atoms with Gasteiger partial charge < -0.3 is 9.47 Å². The van der Waals surface area contributed by atoms with Crippen LogP contribution in [0.25, 0.3) is 10.2 Å². The summed E-state index contributed by atoms with van der Waals surface area (Å²) in [6.45, 7) is 12.4. The van der Waals surface area contributed by atoms with Crippen LogP contribution in [0.15, 0.2) is 18.2 Å². The fraction of sp³-hybridized carbons (Fsp3) is 0.500. The Morgan fingerprint density at radius 2 is 1.69 bits per heavy atom. The maximum Gasteiger partial charge on any atom is 0.434 e. The van der Waals surface area contributed by atoms with E-state index in [2.05, 4.69) is 10.4 Å². The van der Waals surface area contributed by atoms with Gasteiger partial charge in [0.15, 0.2) is 0 Å². The second-order valence-electron chi connectivity index (χ2n) is 7.81. The van der Waals surface area contributed by atoms with Crippen LogP contribution in [-0.2, 0) is 9.47 Å². The van der Waals surface area contributed by atoms with E-state index in [1.54, 1.807) is 59.7 Å². The van der Waals surface area contributed by atoms with Gasteiger partial charge in [0.05, 0.1) is 20.9 Å². The number of nitrogens with one attached hydrogen (secondary N) is 1. The smallest absolute Gasteiger partial charge is 0.434 e. The first-order valence-corrected chi connectivity index (χ1v) is 9.06. The molecule has 0 aliphatic carbocycles. The molecule has 7 nitrogen and oxygen atoms in total. The van der Waals surface area contributed by atoms with Crippen molar-refractivity contribution in [2.45, 2.75) is 59.7 Å². The Morgan fingerprint density at radius 3 is 2.27 bits per heavy atom. The van der Waals surface area contributed by atoms with Crippen LogP contribution < -0.4 is 10.4 Å². The molecule has 0 fully saturated rings. The first-order chi connectivity index (χ1) is 11.8. The molecule has 0 aliphatic heterocycles. The molecule has 0 aliphatic rings. The predicted octanol–water partition coefficient (Wildman–Crippen LogP) is 4.79. The lowest BCUT2D eigenvalue weighted by Crippen LogP contribution is -2.50. The molecule has 2 amide bonds. The number of carbonyl (C=O) groups is 2. The van der Waals surface area contributed by atoms with E-state index >= 15 is 0 Å². The van der Waals surface area contributed by atoms with Crippen LogP contribution in [0.1, 0.15) is 46.6 Å². The van der Waals surface area contributed by atoms with E-state index in [4.69, 9.17) is 9.47 Å². The second-order valence-corrected chi connectivity index (χ2v) is 9.05. The Hall–Kier alpha value is -2.35. The lowest BCUT2D eigenvalue weighted by Gasteiger charge is -2.28. The normalized spacial score (nSPS) is 12.0. The second kappa shape index (κ2) is 7.11. The zero-order chi connectivity index (χ0) is 19.7. The number of nitrogens with zero attached hydrogens (tertiary/aromatic N) is 2. The molecule has 0 radical (unpaired) electrons. The van der Waals surface area contributed by atoms with Gasteiger partial charge in [-0.2, -0.15) is 5.01 Å². The lowest BCUT2D eigenvalue weighted by atomic mass is 10.2. The third kappa shape index (κ3) is 5.59. The zero-order valence-electron chi connectivity index (χ0n) is 16.2. The van der Waals surface area contributed by atoms with Crippen LogP contribution in [0.3, 0.4) is 0 Å². The number of ether oxygens (including phenoxy) is 2. The van der Waals surface area contributed by atoms with Crippen LogP contribution in [0.4, 0.5) is 15.3 Å². The fourth-order valence-corrected chi connectivity index (χ4v) is 2.94. The Morgan fingerprint density at radius 1 is 1.08 bits per heavy atom. The molecule has 8 heteroatoms. The largest absolute Gasteiger partial charge is 0.443 e. The number of hydrogen-bond acceptors (Lipinski definition) is 6. The van der Waals surface area contributed by atoms with E-state index in [0.29, 0.717) is 5.69 Å². The summed E-state index contributed by atoms with van der Waals surface area (Å²) in [6.07, 6.45) is -1.45. The highest BCUT2D eigenvalue weighted by molar-refractivity contribution is 7.18. The molecular formula is C18H25N3O4S. The molecule has 0 bridgehead atoms. The van der Waals surface area contributed by atoms with E-state index < -0.39 is 23.4 Å². The summed E-state index contributed by atoms with van der Waals surface area (Å²) >= 11 is 1.50. The number of carbonyl (C=O) groups excluding carboxylic acids is 2. The Bertz CT molecular complexity index is 818.